The number of carbonyl (C=O) groups excluding carboxylic acids is 1. The van der Waals surface area contributed by atoms with Gasteiger partial charge in [0.2, 0.25) is 0 Å². The molecule has 1 aromatic heterocycles. The van der Waals surface area contributed by atoms with Gasteiger partial charge >= 0.3 is 0 Å². The predicted molar refractivity (Wildman–Crippen MR) is 142 cm³/mol. The number of carbonyl (C=O) groups is 1. The lowest BCUT2D eigenvalue weighted by Crippen LogP contribution is -2.28. The van der Waals surface area contributed by atoms with Crippen LogP contribution in [0.4, 0.5) is 0 Å². The number of rotatable bonds is 6. The second kappa shape index (κ2) is 9.68. The minimum Gasteiger partial charge on any atom is -0.497 e. The minimum absolute atomic E-state index is 0.00846. The third-order valence-electron chi connectivity index (χ3n) is 6.06. The van der Waals surface area contributed by atoms with E-state index in [2.05, 4.69) is 38.8 Å². The van der Waals surface area contributed by atoms with E-state index in [4.69, 9.17) is 9.84 Å². The number of nitrogens with zero attached hydrogens (tertiary/aromatic N) is 3. The highest BCUT2D eigenvalue weighted by Gasteiger charge is 2.33. The summed E-state index contributed by atoms with van der Waals surface area (Å²) in [6.07, 6.45) is 2.75. The van der Waals surface area contributed by atoms with Crippen LogP contribution in [0.1, 0.15) is 23.6 Å². The van der Waals surface area contributed by atoms with Gasteiger partial charge in [-0.15, -0.1) is 11.8 Å². The number of fused-ring (bicyclic) bond motifs is 1. The van der Waals surface area contributed by atoms with Crippen molar-refractivity contribution in [3.05, 3.63) is 94.6 Å². The molecule has 5 nitrogen and oxygen atoms in total. The molecule has 172 valence electrons. The Bertz CT molecular complexity index is 1360. The zero-order valence-corrected chi connectivity index (χ0v) is 21.3. The summed E-state index contributed by atoms with van der Waals surface area (Å²) in [5.74, 6) is 1.10. The van der Waals surface area contributed by atoms with E-state index >= 15 is 0 Å². The van der Waals surface area contributed by atoms with Gasteiger partial charge in [0, 0.05) is 39.9 Å². The number of hydrogen-bond donors (Lipinski definition) is 0. The molecule has 0 saturated carbocycles. The molecule has 1 aliphatic heterocycles. The molecule has 0 spiro atoms. The van der Waals surface area contributed by atoms with Gasteiger partial charge in [0.05, 0.1) is 24.6 Å². The molecule has 0 radical (unpaired) electrons. The fraction of sp³-hybridized carbons (Fsp3) is 0.185. The third kappa shape index (κ3) is 4.50. The fourth-order valence-corrected chi connectivity index (χ4v) is 5.50. The molecule has 7 heteroatoms. The second-order valence-electron chi connectivity index (χ2n) is 8.20. The van der Waals surface area contributed by atoms with Crippen LogP contribution in [0.25, 0.3) is 10.9 Å². The summed E-state index contributed by atoms with van der Waals surface area (Å²) in [6, 6.07) is 24.1. The average molecular weight is 534 g/mol. The number of para-hydroxylation sites is 1. The van der Waals surface area contributed by atoms with Crippen LogP contribution in [0.3, 0.4) is 0 Å². The van der Waals surface area contributed by atoms with Crippen molar-refractivity contribution in [3.63, 3.8) is 0 Å². The molecule has 3 aromatic carbocycles. The lowest BCUT2D eigenvalue weighted by Gasteiger charge is -2.22. The number of halogens is 1. The number of methoxy groups -OCH3 is 1. The molecule has 1 atom stereocenters. The number of aryl methyl sites for hydroxylation is 1. The van der Waals surface area contributed by atoms with Crippen LogP contribution in [0.15, 0.2) is 93.5 Å². The topological polar surface area (TPSA) is 46.8 Å². The van der Waals surface area contributed by atoms with Gasteiger partial charge < -0.3 is 9.30 Å². The van der Waals surface area contributed by atoms with E-state index in [9.17, 15) is 4.79 Å². The van der Waals surface area contributed by atoms with Gasteiger partial charge in [-0.2, -0.15) is 5.10 Å². The number of ether oxygens (including phenoxy) is 1. The monoisotopic (exact) mass is 533 g/mol. The first-order valence-corrected chi connectivity index (χ1v) is 12.8. The van der Waals surface area contributed by atoms with E-state index < -0.39 is 0 Å². The van der Waals surface area contributed by atoms with Crippen molar-refractivity contribution < 1.29 is 9.53 Å². The summed E-state index contributed by atoms with van der Waals surface area (Å²) in [4.78, 5) is 14.6. The first kappa shape index (κ1) is 22.7. The standard InChI is InChI=1S/C27H24BrN3O2S/c1-30-16-26(22-5-3-4-6-24(22)30)34-17-27(32)31-25(19-9-13-21(33-2)14-10-19)15-23(29-31)18-7-11-20(28)12-8-18/h3-14,16,25H,15,17H2,1-2H3. The Morgan fingerprint density at radius 2 is 1.82 bits per heavy atom. The third-order valence-corrected chi connectivity index (χ3v) is 7.61. The van der Waals surface area contributed by atoms with Gasteiger partial charge in [-0.25, -0.2) is 5.01 Å². The zero-order valence-electron chi connectivity index (χ0n) is 18.9. The number of benzene rings is 3. The van der Waals surface area contributed by atoms with Crippen LogP contribution < -0.4 is 4.74 Å². The van der Waals surface area contributed by atoms with Crippen molar-refractivity contribution in [3.8, 4) is 5.75 Å². The summed E-state index contributed by atoms with van der Waals surface area (Å²) >= 11 is 5.05. The average Bonchev–Trinajstić information content (AvgIpc) is 3.45. The van der Waals surface area contributed by atoms with Crippen LogP contribution in [-0.2, 0) is 11.8 Å². The van der Waals surface area contributed by atoms with E-state index in [-0.39, 0.29) is 11.9 Å². The Labute approximate surface area is 211 Å². The first-order valence-electron chi connectivity index (χ1n) is 11.0. The maximum atomic E-state index is 13.5. The van der Waals surface area contributed by atoms with E-state index in [1.165, 1.54) is 0 Å². The molecule has 4 aromatic rings. The van der Waals surface area contributed by atoms with Gasteiger partial charge in [-0.1, -0.05) is 58.4 Å². The summed E-state index contributed by atoms with van der Waals surface area (Å²) in [5, 5.41) is 7.63. The molecular weight excluding hydrogens is 510 g/mol. The van der Waals surface area contributed by atoms with Crippen molar-refractivity contribution >= 4 is 50.2 Å². The van der Waals surface area contributed by atoms with Crippen molar-refractivity contribution in [1.82, 2.24) is 9.58 Å². The molecule has 0 fully saturated rings. The number of thioether (sulfide) groups is 1. The summed E-state index contributed by atoms with van der Waals surface area (Å²) in [7, 11) is 3.68. The number of hydrogen-bond acceptors (Lipinski definition) is 4. The molecule has 0 bridgehead atoms. The molecule has 1 amide bonds. The Hall–Kier alpha value is -3.03. The molecule has 0 aliphatic carbocycles. The highest BCUT2D eigenvalue weighted by molar-refractivity contribution is 9.10. The Morgan fingerprint density at radius 1 is 1.09 bits per heavy atom. The molecular formula is C27H24BrN3O2S. The quantitative estimate of drug-likeness (QED) is 0.268. The van der Waals surface area contributed by atoms with Gasteiger partial charge in [-0.3, -0.25) is 4.79 Å². The van der Waals surface area contributed by atoms with E-state index in [1.54, 1.807) is 23.9 Å². The molecule has 5 rings (SSSR count). The first-order chi connectivity index (χ1) is 16.5. The van der Waals surface area contributed by atoms with Gasteiger partial charge in [0.25, 0.3) is 5.91 Å². The van der Waals surface area contributed by atoms with E-state index in [1.807, 2.05) is 67.7 Å². The second-order valence-corrected chi connectivity index (χ2v) is 10.1. The van der Waals surface area contributed by atoms with E-state index in [0.717, 1.165) is 42.9 Å². The predicted octanol–water partition coefficient (Wildman–Crippen LogP) is 6.42. The van der Waals surface area contributed by atoms with Crippen molar-refractivity contribution in [1.29, 1.82) is 0 Å². The summed E-state index contributed by atoms with van der Waals surface area (Å²) < 4.78 is 8.43. The molecule has 0 saturated heterocycles. The maximum Gasteiger partial charge on any atom is 0.253 e. The number of hydrazone groups is 1. The van der Waals surface area contributed by atoms with Crippen LogP contribution in [0, 0.1) is 0 Å². The zero-order chi connectivity index (χ0) is 23.7. The minimum atomic E-state index is -0.148. The largest absolute Gasteiger partial charge is 0.497 e. The van der Waals surface area contributed by atoms with Crippen molar-refractivity contribution in [2.45, 2.75) is 17.4 Å². The maximum absolute atomic E-state index is 13.5. The lowest BCUT2D eigenvalue weighted by molar-refractivity contribution is -0.130. The van der Waals surface area contributed by atoms with Crippen LogP contribution >= 0.6 is 27.7 Å². The van der Waals surface area contributed by atoms with Crippen LogP contribution in [0.2, 0.25) is 0 Å². The van der Waals surface area contributed by atoms with Crippen molar-refractivity contribution in [2.24, 2.45) is 12.1 Å². The summed E-state index contributed by atoms with van der Waals surface area (Å²) in [5.41, 5.74) is 4.14. The molecule has 0 N–H and O–H groups in total. The number of aromatic nitrogens is 1. The molecule has 2 heterocycles. The molecule has 1 aliphatic rings. The normalized spacial score (nSPS) is 15.6. The highest BCUT2D eigenvalue weighted by Crippen LogP contribution is 2.36. The fourth-order valence-electron chi connectivity index (χ4n) is 4.27. The Kier molecular flexibility index (Phi) is 6.48. The smallest absolute Gasteiger partial charge is 0.253 e. The Balaban J connectivity index is 1.41. The van der Waals surface area contributed by atoms with Gasteiger partial charge in [0.1, 0.15) is 5.75 Å². The van der Waals surface area contributed by atoms with Crippen molar-refractivity contribution in [2.75, 3.05) is 12.9 Å². The lowest BCUT2D eigenvalue weighted by atomic mass is 9.98. The molecule has 34 heavy (non-hydrogen) atoms. The highest BCUT2D eigenvalue weighted by atomic mass is 79.9. The Morgan fingerprint density at radius 3 is 2.56 bits per heavy atom. The SMILES string of the molecule is COc1ccc(C2CC(c3ccc(Br)cc3)=NN2C(=O)CSc2cn(C)c3ccccc23)cc1. The van der Waals surface area contributed by atoms with Crippen LogP contribution in [0.5, 0.6) is 5.75 Å². The van der Waals surface area contributed by atoms with Gasteiger partial charge in [-0.05, 0) is 41.5 Å². The van der Waals surface area contributed by atoms with E-state index in [0.29, 0.717) is 12.2 Å². The summed E-state index contributed by atoms with van der Waals surface area (Å²) in [6.45, 7) is 0. The number of amides is 1. The van der Waals surface area contributed by atoms with Crippen LogP contribution in [-0.4, -0.2) is 34.1 Å². The molecule has 1 unspecified atom stereocenters. The van der Waals surface area contributed by atoms with Gasteiger partial charge in [0.15, 0.2) is 0 Å².